The van der Waals surface area contributed by atoms with E-state index in [1.165, 1.54) is 34.7 Å². The van der Waals surface area contributed by atoms with E-state index in [9.17, 15) is 9.59 Å². The van der Waals surface area contributed by atoms with Gasteiger partial charge in [-0.3, -0.25) is 20.4 Å². The zero-order valence-corrected chi connectivity index (χ0v) is 11.1. The lowest BCUT2D eigenvalue weighted by molar-refractivity contribution is 0.0996. The Kier molecular flexibility index (Phi) is 3.56. The second-order valence-electron chi connectivity index (χ2n) is 4.20. The van der Waals surface area contributed by atoms with Crippen LogP contribution in [0.15, 0.2) is 49.6 Å². The summed E-state index contributed by atoms with van der Waals surface area (Å²) in [5.74, 6) is -0.684. The lowest BCUT2D eigenvalue weighted by atomic mass is 10.1. The number of hydrogen-bond donors (Lipinski definition) is 2. The van der Waals surface area contributed by atoms with Crippen LogP contribution >= 0.6 is 0 Å². The van der Waals surface area contributed by atoms with Crippen LogP contribution in [-0.2, 0) is 0 Å². The Labute approximate surface area is 123 Å². The number of nitrogens with zero attached hydrogens (tertiary/aromatic N) is 6. The van der Waals surface area contributed by atoms with Gasteiger partial charge in [-0.25, -0.2) is 9.35 Å². The Bertz CT molecular complexity index is 697. The number of nitrogens with one attached hydrogen (secondary N) is 2. The second kappa shape index (κ2) is 5.83. The molecule has 0 atom stereocenters. The molecule has 1 aromatic carbocycles. The van der Waals surface area contributed by atoms with Gasteiger partial charge >= 0.3 is 0 Å². The molecule has 22 heavy (non-hydrogen) atoms. The first-order valence-corrected chi connectivity index (χ1v) is 6.14. The Hall–Kier alpha value is -3.56. The molecular formula is C12H10N8O2. The average Bonchev–Trinajstić information content (AvgIpc) is 3.21. The zero-order chi connectivity index (χ0) is 15.4. The molecule has 2 amide bonds. The van der Waals surface area contributed by atoms with E-state index in [0.29, 0.717) is 11.1 Å². The fourth-order valence-electron chi connectivity index (χ4n) is 1.65. The van der Waals surface area contributed by atoms with Gasteiger partial charge in [0.15, 0.2) is 0 Å². The van der Waals surface area contributed by atoms with Gasteiger partial charge < -0.3 is 0 Å². The third-order valence-corrected chi connectivity index (χ3v) is 2.71. The standard InChI is InChI=1S/C12H10N8O2/c21-11(17-19-5-13-14-6-19)9-1-2-10(4-3-9)12(22)18-20-7-15-16-8-20/h1-8H,(H,17,21)(H,18,22). The second-order valence-corrected chi connectivity index (χ2v) is 4.20. The van der Waals surface area contributed by atoms with Crippen LogP contribution in [0.25, 0.3) is 0 Å². The highest BCUT2D eigenvalue weighted by atomic mass is 16.2. The van der Waals surface area contributed by atoms with Crippen LogP contribution in [0, 0.1) is 0 Å². The first-order chi connectivity index (χ1) is 10.7. The molecule has 2 aromatic heterocycles. The maximum atomic E-state index is 11.9. The molecule has 3 aromatic rings. The number of carbonyl (C=O) groups is 2. The number of benzene rings is 1. The predicted octanol–water partition coefficient (Wildman–Crippen LogP) is -0.363. The van der Waals surface area contributed by atoms with Crippen LogP contribution in [0.1, 0.15) is 20.7 Å². The van der Waals surface area contributed by atoms with E-state index in [1.807, 2.05) is 0 Å². The summed E-state index contributed by atoms with van der Waals surface area (Å²) in [5, 5.41) is 14.3. The molecule has 0 aliphatic carbocycles. The first-order valence-electron chi connectivity index (χ1n) is 6.14. The summed E-state index contributed by atoms with van der Waals surface area (Å²) >= 11 is 0. The van der Waals surface area contributed by atoms with Gasteiger partial charge in [0, 0.05) is 11.1 Å². The maximum absolute atomic E-state index is 11.9. The lowest BCUT2D eigenvalue weighted by Crippen LogP contribution is -2.23. The third-order valence-electron chi connectivity index (χ3n) is 2.71. The van der Waals surface area contributed by atoms with Crippen molar-refractivity contribution in [3.8, 4) is 0 Å². The van der Waals surface area contributed by atoms with Gasteiger partial charge in [0.05, 0.1) is 0 Å². The molecule has 0 bridgehead atoms. The van der Waals surface area contributed by atoms with Gasteiger partial charge in [0.2, 0.25) is 0 Å². The molecule has 2 heterocycles. The highest BCUT2D eigenvalue weighted by molar-refractivity contribution is 6.03. The zero-order valence-electron chi connectivity index (χ0n) is 11.1. The summed E-state index contributed by atoms with van der Waals surface area (Å²) in [6.07, 6.45) is 5.44. The summed E-state index contributed by atoms with van der Waals surface area (Å²) < 4.78 is 2.66. The van der Waals surface area contributed by atoms with E-state index < -0.39 is 0 Å². The third kappa shape index (κ3) is 2.95. The van der Waals surface area contributed by atoms with E-state index in [1.54, 1.807) is 24.3 Å². The molecule has 2 N–H and O–H groups in total. The summed E-state index contributed by atoms with van der Waals surface area (Å²) in [6, 6.07) is 6.17. The van der Waals surface area contributed by atoms with Gasteiger partial charge in [0.1, 0.15) is 25.3 Å². The van der Waals surface area contributed by atoms with Crippen LogP contribution in [0.4, 0.5) is 0 Å². The average molecular weight is 298 g/mol. The van der Waals surface area contributed by atoms with Crippen LogP contribution in [0.3, 0.4) is 0 Å². The normalized spacial score (nSPS) is 10.2. The van der Waals surface area contributed by atoms with Crippen LogP contribution in [-0.4, -0.2) is 41.6 Å². The van der Waals surface area contributed by atoms with E-state index in [4.69, 9.17) is 0 Å². The van der Waals surface area contributed by atoms with Crippen LogP contribution < -0.4 is 10.9 Å². The fraction of sp³-hybridized carbons (Fsp3) is 0. The van der Waals surface area contributed by atoms with Crippen LogP contribution in [0.5, 0.6) is 0 Å². The van der Waals surface area contributed by atoms with Gasteiger partial charge in [-0.1, -0.05) is 0 Å². The number of amides is 2. The molecule has 0 radical (unpaired) electrons. The highest BCUT2D eigenvalue weighted by Gasteiger charge is 2.09. The molecule has 0 fully saturated rings. The Morgan fingerprint density at radius 2 is 1.00 bits per heavy atom. The fourth-order valence-corrected chi connectivity index (χ4v) is 1.65. The van der Waals surface area contributed by atoms with Crippen LogP contribution in [0.2, 0.25) is 0 Å². The molecular weight excluding hydrogens is 288 g/mol. The summed E-state index contributed by atoms with van der Waals surface area (Å²) in [5.41, 5.74) is 5.91. The van der Waals surface area contributed by atoms with E-state index >= 15 is 0 Å². The van der Waals surface area contributed by atoms with Gasteiger partial charge in [0.25, 0.3) is 11.8 Å². The molecule has 3 rings (SSSR count). The SMILES string of the molecule is O=C(Nn1cnnc1)c1ccc(C(=O)Nn2cnnc2)cc1. The maximum Gasteiger partial charge on any atom is 0.270 e. The van der Waals surface area contributed by atoms with E-state index in [-0.39, 0.29) is 11.8 Å². The summed E-state index contributed by atoms with van der Waals surface area (Å²) in [7, 11) is 0. The number of aromatic nitrogens is 6. The summed E-state index contributed by atoms with van der Waals surface area (Å²) in [4.78, 5) is 23.9. The van der Waals surface area contributed by atoms with Crippen molar-refractivity contribution >= 4 is 11.8 Å². The van der Waals surface area contributed by atoms with Gasteiger partial charge in [-0.2, -0.15) is 0 Å². The van der Waals surface area contributed by atoms with Crippen molar-refractivity contribution in [2.45, 2.75) is 0 Å². The molecule has 0 spiro atoms. The predicted molar refractivity (Wildman–Crippen MR) is 73.9 cm³/mol. The number of hydrogen-bond acceptors (Lipinski definition) is 6. The minimum Gasteiger partial charge on any atom is -0.267 e. The first kappa shape index (κ1) is 13.4. The topological polar surface area (TPSA) is 120 Å². The van der Waals surface area contributed by atoms with E-state index in [0.717, 1.165) is 0 Å². The quantitative estimate of drug-likeness (QED) is 0.678. The van der Waals surface area contributed by atoms with Crippen molar-refractivity contribution in [3.05, 3.63) is 60.7 Å². The smallest absolute Gasteiger partial charge is 0.267 e. The minimum absolute atomic E-state index is 0.342. The van der Waals surface area contributed by atoms with Crippen molar-refractivity contribution in [1.82, 2.24) is 29.7 Å². The minimum atomic E-state index is -0.342. The Balaban J connectivity index is 1.67. The number of carbonyl (C=O) groups excluding carboxylic acids is 2. The van der Waals surface area contributed by atoms with Crippen molar-refractivity contribution < 1.29 is 9.59 Å². The molecule has 10 nitrogen and oxygen atoms in total. The Morgan fingerprint density at radius 3 is 1.32 bits per heavy atom. The van der Waals surface area contributed by atoms with Crippen molar-refractivity contribution in [3.63, 3.8) is 0 Å². The molecule has 0 saturated carbocycles. The molecule has 10 heteroatoms. The van der Waals surface area contributed by atoms with Crippen molar-refractivity contribution in [2.24, 2.45) is 0 Å². The lowest BCUT2D eigenvalue weighted by Gasteiger charge is -2.07. The molecule has 0 aliphatic heterocycles. The van der Waals surface area contributed by atoms with Gasteiger partial charge in [-0.05, 0) is 24.3 Å². The van der Waals surface area contributed by atoms with E-state index in [2.05, 4.69) is 31.2 Å². The molecule has 0 aliphatic rings. The van der Waals surface area contributed by atoms with Gasteiger partial charge in [-0.15, -0.1) is 20.4 Å². The highest BCUT2D eigenvalue weighted by Crippen LogP contribution is 2.05. The molecule has 0 saturated heterocycles. The largest absolute Gasteiger partial charge is 0.270 e. The summed E-state index contributed by atoms with van der Waals surface area (Å²) in [6.45, 7) is 0. The van der Waals surface area contributed by atoms with Crippen molar-refractivity contribution in [2.75, 3.05) is 10.9 Å². The monoisotopic (exact) mass is 298 g/mol. The Morgan fingerprint density at radius 1 is 0.682 bits per heavy atom. The number of rotatable bonds is 4. The molecule has 110 valence electrons. The molecule has 0 unspecified atom stereocenters. The van der Waals surface area contributed by atoms with Crippen molar-refractivity contribution in [1.29, 1.82) is 0 Å².